The largest absolute Gasteiger partial charge is 0.467 e. The van der Waals surface area contributed by atoms with Crippen LogP contribution in [0.1, 0.15) is 42.0 Å². The first kappa shape index (κ1) is 32.7. The van der Waals surface area contributed by atoms with E-state index in [9.17, 15) is 19.2 Å². The van der Waals surface area contributed by atoms with Crippen molar-refractivity contribution in [1.29, 1.82) is 0 Å². The van der Waals surface area contributed by atoms with Gasteiger partial charge in [0, 0.05) is 29.9 Å². The maximum absolute atomic E-state index is 14.0. The van der Waals surface area contributed by atoms with Crippen LogP contribution >= 0.6 is 0 Å². The molecular weight excluding hydrogens is 592 g/mol. The first-order valence-electron chi connectivity index (χ1n) is 15.6. The van der Waals surface area contributed by atoms with Crippen molar-refractivity contribution in [3.05, 3.63) is 144 Å². The van der Waals surface area contributed by atoms with Gasteiger partial charge in [0.15, 0.2) is 0 Å². The summed E-state index contributed by atoms with van der Waals surface area (Å²) in [4.78, 5) is 56.5. The fourth-order valence-electron chi connectivity index (χ4n) is 5.86. The summed E-state index contributed by atoms with van der Waals surface area (Å²) in [7, 11) is 1.20. The molecule has 0 saturated carbocycles. The zero-order chi connectivity index (χ0) is 33.2. The molecular formula is C38H38N4O5. The highest BCUT2D eigenvalue weighted by molar-refractivity contribution is 5.94. The second-order valence-electron chi connectivity index (χ2n) is 11.2. The minimum Gasteiger partial charge on any atom is -0.467 e. The van der Waals surface area contributed by atoms with Crippen LogP contribution in [0.5, 0.6) is 0 Å². The van der Waals surface area contributed by atoms with Crippen LogP contribution in [0.25, 0.3) is 10.9 Å². The Labute approximate surface area is 273 Å². The summed E-state index contributed by atoms with van der Waals surface area (Å²) in [6.45, 7) is 1.69. The number of H-pyrrole nitrogens is 1. The molecule has 5 rings (SSSR count). The summed E-state index contributed by atoms with van der Waals surface area (Å²) in [5.74, 6) is -2.22. The van der Waals surface area contributed by atoms with Gasteiger partial charge in [-0.1, -0.05) is 116 Å². The van der Waals surface area contributed by atoms with Crippen molar-refractivity contribution in [2.24, 2.45) is 0 Å². The van der Waals surface area contributed by atoms with Gasteiger partial charge >= 0.3 is 5.97 Å². The Hall–Kier alpha value is -5.70. The lowest BCUT2D eigenvalue weighted by molar-refractivity contribution is -0.147. The smallest absolute Gasteiger partial charge is 0.328 e. The molecule has 240 valence electrons. The number of carbonyl (C=O) groups excluding carboxylic acids is 4. The van der Waals surface area contributed by atoms with E-state index >= 15 is 0 Å². The fourth-order valence-corrected chi connectivity index (χ4v) is 5.86. The average Bonchev–Trinajstić information content (AvgIpc) is 3.53. The van der Waals surface area contributed by atoms with Crippen LogP contribution in [-0.2, 0) is 35.9 Å². The molecule has 4 aromatic carbocycles. The van der Waals surface area contributed by atoms with Gasteiger partial charge in [-0.25, -0.2) is 4.79 Å². The third kappa shape index (κ3) is 7.41. The van der Waals surface area contributed by atoms with Gasteiger partial charge in [0.1, 0.15) is 17.6 Å². The lowest BCUT2D eigenvalue weighted by atomic mass is 9.77. The predicted octanol–water partition coefficient (Wildman–Crippen LogP) is 4.76. The molecule has 0 saturated heterocycles. The van der Waals surface area contributed by atoms with Crippen molar-refractivity contribution in [3.63, 3.8) is 0 Å². The van der Waals surface area contributed by atoms with Crippen LogP contribution in [0.15, 0.2) is 121 Å². The summed E-state index contributed by atoms with van der Waals surface area (Å²) in [5.41, 5.74) is 3.04. The molecule has 5 aromatic rings. The number of amides is 3. The number of hydrogen-bond acceptors (Lipinski definition) is 5. The number of aromatic nitrogens is 1. The summed E-state index contributed by atoms with van der Waals surface area (Å²) >= 11 is 0. The molecule has 2 atom stereocenters. The molecule has 0 spiro atoms. The molecule has 0 unspecified atom stereocenters. The van der Waals surface area contributed by atoms with Crippen molar-refractivity contribution < 1.29 is 23.9 Å². The maximum atomic E-state index is 14.0. The van der Waals surface area contributed by atoms with Crippen LogP contribution in [0.3, 0.4) is 0 Å². The zero-order valence-electron chi connectivity index (χ0n) is 26.4. The van der Waals surface area contributed by atoms with Crippen LogP contribution < -0.4 is 16.0 Å². The van der Waals surface area contributed by atoms with Crippen LogP contribution in [0.4, 0.5) is 0 Å². The number of carbonyl (C=O) groups is 4. The fraction of sp³-hybridized carbons (Fsp3) is 0.211. The molecule has 0 radical (unpaired) electrons. The highest BCUT2D eigenvalue weighted by atomic mass is 16.5. The van der Waals surface area contributed by atoms with Gasteiger partial charge in [0.2, 0.25) is 17.7 Å². The highest BCUT2D eigenvalue weighted by Gasteiger charge is 2.39. The Morgan fingerprint density at radius 1 is 0.702 bits per heavy atom. The Kier molecular flexibility index (Phi) is 10.5. The Balaban J connectivity index is 1.44. The molecule has 0 bridgehead atoms. The quantitative estimate of drug-likeness (QED) is 0.110. The molecule has 1 aromatic heterocycles. The minimum atomic E-state index is -1.32. The van der Waals surface area contributed by atoms with Crippen molar-refractivity contribution >= 4 is 34.6 Å². The number of para-hydroxylation sites is 1. The van der Waals surface area contributed by atoms with Crippen molar-refractivity contribution in [3.8, 4) is 0 Å². The van der Waals surface area contributed by atoms with E-state index in [4.69, 9.17) is 4.74 Å². The van der Waals surface area contributed by atoms with Gasteiger partial charge in [-0.05, 0) is 28.3 Å². The first-order chi connectivity index (χ1) is 22.8. The lowest BCUT2D eigenvalue weighted by Crippen LogP contribution is -2.55. The molecule has 0 fully saturated rings. The molecule has 3 amide bonds. The molecule has 9 heteroatoms. The van der Waals surface area contributed by atoms with Crippen molar-refractivity contribution in [1.82, 2.24) is 20.9 Å². The monoisotopic (exact) mass is 630 g/mol. The minimum absolute atomic E-state index is 0.167. The van der Waals surface area contributed by atoms with E-state index < -0.39 is 41.8 Å². The zero-order valence-corrected chi connectivity index (χ0v) is 26.4. The second kappa shape index (κ2) is 15.1. The number of hydrogen-bond donors (Lipinski definition) is 4. The SMILES string of the molecule is CCC(=O)N[C@H](Cc1c[nH]c2ccccc12)C(=O)N[C@@H](CC(=O)NC(c1ccccc1)(c1ccccc1)c1ccccc1)C(=O)OC. The number of methoxy groups -OCH3 is 1. The summed E-state index contributed by atoms with van der Waals surface area (Å²) in [6.07, 6.45) is 1.72. The summed E-state index contributed by atoms with van der Waals surface area (Å²) < 4.78 is 5.02. The van der Waals surface area contributed by atoms with E-state index in [0.29, 0.717) is 0 Å². The van der Waals surface area contributed by atoms with Gasteiger partial charge in [-0.2, -0.15) is 0 Å². The highest BCUT2D eigenvalue weighted by Crippen LogP contribution is 2.37. The van der Waals surface area contributed by atoms with E-state index in [-0.39, 0.29) is 18.7 Å². The van der Waals surface area contributed by atoms with Crippen molar-refractivity contribution in [2.75, 3.05) is 7.11 Å². The molecule has 9 nitrogen and oxygen atoms in total. The average molecular weight is 631 g/mol. The van der Waals surface area contributed by atoms with Gasteiger partial charge in [0.05, 0.1) is 13.5 Å². The van der Waals surface area contributed by atoms with Gasteiger partial charge in [0.25, 0.3) is 0 Å². The van der Waals surface area contributed by atoms with E-state index in [1.807, 2.05) is 115 Å². The number of nitrogens with one attached hydrogen (secondary N) is 4. The van der Waals surface area contributed by atoms with Crippen LogP contribution in [0, 0.1) is 0 Å². The number of esters is 1. The second-order valence-corrected chi connectivity index (χ2v) is 11.2. The summed E-state index contributed by atoms with van der Waals surface area (Å²) in [6, 6.07) is 34.0. The van der Waals surface area contributed by atoms with Gasteiger partial charge < -0.3 is 25.7 Å². The number of benzene rings is 4. The Morgan fingerprint density at radius 2 is 1.23 bits per heavy atom. The maximum Gasteiger partial charge on any atom is 0.328 e. The van der Waals surface area contributed by atoms with Gasteiger partial charge in [-0.3, -0.25) is 14.4 Å². The van der Waals surface area contributed by atoms with Crippen LogP contribution in [0.2, 0.25) is 0 Å². The van der Waals surface area contributed by atoms with E-state index in [0.717, 1.165) is 33.2 Å². The van der Waals surface area contributed by atoms with Gasteiger partial charge in [-0.15, -0.1) is 0 Å². The summed E-state index contributed by atoms with van der Waals surface area (Å²) in [5, 5.41) is 9.60. The number of ether oxygens (including phenoxy) is 1. The molecule has 0 aliphatic rings. The number of aromatic amines is 1. The van der Waals surface area contributed by atoms with E-state index in [2.05, 4.69) is 20.9 Å². The van der Waals surface area contributed by atoms with E-state index in [1.54, 1.807) is 13.1 Å². The topological polar surface area (TPSA) is 129 Å². The third-order valence-electron chi connectivity index (χ3n) is 8.21. The Morgan fingerprint density at radius 3 is 1.77 bits per heavy atom. The molecule has 47 heavy (non-hydrogen) atoms. The Bertz CT molecular complexity index is 1730. The number of fused-ring (bicyclic) bond motifs is 1. The standard InChI is InChI=1S/C38H38N4O5/c1-3-34(43)40-32(23-26-25-39-31-22-14-13-21-30(26)31)36(45)41-33(37(46)47-2)24-35(44)42-38(27-15-7-4-8-16-27,28-17-9-5-10-18-28)29-19-11-6-12-20-29/h4-22,25,32-33,39H,3,23-24H2,1-2H3,(H,40,43)(H,41,45)(H,42,44)/t32-,33+/m1/s1. The third-order valence-corrected chi connectivity index (χ3v) is 8.21. The van der Waals surface area contributed by atoms with Crippen molar-refractivity contribution in [2.45, 2.75) is 43.8 Å². The normalized spacial score (nSPS) is 12.5. The lowest BCUT2D eigenvalue weighted by Gasteiger charge is -2.37. The molecule has 4 N–H and O–H groups in total. The predicted molar refractivity (Wildman–Crippen MR) is 180 cm³/mol. The molecule has 1 heterocycles. The molecule has 0 aliphatic heterocycles. The first-order valence-corrected chi connectivity index (χ1v) is 15.6. The number of rotatable bonds is 13. The molecule has 0 aliphatic carbocycles. The van der Waals surface area contributed by atoms with Crippen LogP contribution in [-0.4, -0.2) is 47.9 Å². The van der Waals surface area contributed by atoms with E-state index in [1.165, 1.54) is 7.11 Å².